The molecule has 7 nitrogen and oxygen atoms in total. The van der Waals surface area contributed by atoms with Crippen molar-refractivity contribution in [1.82, 2.24) is 15.1 Å². The number of carbonyl (C=O) groups excluding carboxylic acids is 2. The number of ether oxygens (including phenoxy) is 1. The molecular formula is C30H29FN4O3. The van der Waals surface area contributed by atoms with Gasteiger partial charge in [-0.2, -0.15) is 5.10 Å². The standard InChI is InChI=1S/C27H23FN4O3.C3H6/c28-20-6-8-21(9-7-20)32-24-11-10-22(12-18(24)14-29-32)31-25(33)13-23(30-27(34)19-15-35-16-19)26(31)17-4-2-1-3-5-17;1-2-3-1/h1-12,14,19,23,26H,13,15-16H2,(H,30,34);1-3H2/t23?,26-;/m1./s1. The number of nitrogens with one attached hydrogen (secondary N) is 1. The molecule has 1 saturated carbocycles. The summed E-state index contributed by atoms with van der Waals surface area (Å²) in [6.45, 7) is 0.835. The highest BCUT2D eigenvalue weighted by atomic mass is 19.1. The Morgan fingerprint density at radius 1 is 0.947 bits per heavy atom. The van der Waals surface area contributed by atoms with Crippen molar-refractivity contribution >= 4 is 28.4 Å². The highest BCUT2D eigenvalue weighted by Crippen LogP contribution is 2.39. The van der Waals surface area contributed by atoms with Crippen LogP contribution in [0.1, 0.15) is 37.3 Å². The Morgan fingerprint density at radius 2 is 1.66 bits per heavy atom. The van der Waals surface area contributed by atoms with E-state index < -0.39 is 0 Å². The van der Waals surface area contributed by atoms with Gasteiger partial charge < -0.3 is 15.0 Å². The van der Waals surface area contributed by atoms with Crippen molar-refractivity contribution in [2.24, 2.45) is 5.92 Å². The maximum absolute atomic E-state index is 13.4. The van der Waals surface area contributed by atoms with E-state index in [0.29, 0.717) is 13.2 Å². The highest BCUT2D eigenvalue weighted by Gasteiger charge is 2.43. The van der Waals surface area contributed by atoms with E-state index in [9.17, 15) is 14.0 Å². The molecule has 3 aromatic carbocycles. The van der Waals surface area contributed by atoms with Crippen LogP contribution in [0.3, 0.4) is 0 Å². The topological polar surface area (TPSA) is 76.5 Å². The van der Waals surface area contributed by atoms with Crippen LogP contribution in [0.15, 0.2) is 79.0 Å². The number of halogens is 1. The molecule has 1 aromatic heterocycles. The summed E-state index contributed by atoms with van der Waals surface area (Å²) in [5.74, 6) is -0.602. The first-order chi connectivity index (χ1) is 18.6. The number of benzene rings is 3. The van der Waals surface area contributed by atoms with Gasteiger partial charge in [-0.25, -0.2) is 9.07 Å². The summed E-state index contributed by atoms with van der Waals surface area (Å²) >= 11 is 0. The molecule has 1 unspecified atom stereocenters. The Kier molecular flexibility index (Phi) is 6.64. The van der Waals surface area contributed by atoms with Gasteiger partial charge in [0.05, 0.1) is 48.6 Å². The van der Waals surface area contributed by atoms with Gasteiger partial charge >= 0.3 is 0 Å². The number of amides is 2. The average Bonchev–Trinajstić information content (AvgIpc) is 3.67. The second-order valence-corrected chi connectivity index (χ2v) is 10.0. The lowest BCUT2D eigenvalue weighted by atomic mass is 9.98. The molecule has 4 aromatic rings. The molecule has 7 rings (SSSR count). The van der Waals surface area contributed by atoms with E-state index in [4.69, 9.17) is 4.74 Å². The molecule has 38 heavy (non-hydrogen) atoms. The van der Waals surface area contributed by atoms with Crippen molar-refractivity contribution in [3.63, 3.8) is 0 Å². The molecule has 1 aliphatic carbocycles. The van der Waals surface area contributed by atoms with Crippen LogP contribution in [0, 0.1) is 11.7 Å². The van der Waals surface area contributed by atoms with Gasteiger partial charge in [-0.3, -0.25) is 9.59 Å². The van der Waals surface area contributed by atoms with Crippen molar-refractivity contribution < 1.29 is 18.7 Å². The zero-order valence-electron chi connectivity index (χ0n) is 20.9. The van der Waals surface area contributed by atoms with E-state index in [1.165, 1.54) is 31.4 Å². The molecule has 2 saturated heterocycles. The SMILES string of the molecule is C1CC1.O=C(NC1CC(=O)N(c2ccc3c(cnn3-c3ccc(F)cc3)c2)[C@@H]1c1ccccc1)C1COC1. The van der Waals surface area contributed by atoms with Crippen LogP contribution in [0.2, 0.25) is 0 Å². The first kappa shape index (κ1) is 24.3. The third kappa shape index (κ3) is 4.91. The predicted molar refractivity (Wildman–Crippen MR) is 142 cm³/mol. The largest absolute Gasteiger partial charge is 0.380 e. The molecular weight excluding hydrogens is 483 g/mol. The quantitative estimate of drug-likeness (QED) is 0.411. The number of fused-ring (bicyclic) bond motifs is 1. The van der Waals surface area contributed by atoms with Gasteiger partial charge in [0.1, 0.15) is 5.82 Å². The zero-order chi connectivity index (χ0) is 26.1. The fourth-order valence-electron chi connectivity index (χ4n) is 4.85. The minimum absolute atomic E-state index is 0.0562. The van der Waals surface area contributed by atoms with Gasteiger partial charge in [0.25, 0.3) is 0 Å². The summed E-state index contributed by atoms with van der Waals surface area (Å²) in [6, 6.07) is 20.9. The maximum Gasteiger partial charge on any atom is 0.229 e. The fraction of sp³-hybridized carbons (Fsp3) is 0.300. The fourth-order valence-corrected chi connectivity index (χ4v) is 4.85. The summed E-state index contributed by atoms with van der Waals surface area (Å²) < 4.78 is 20.3. The summed E-state index contributed by atoms with van der Waals surface area (Å²) in [5, 5.41) is 8.42. The van der Waals surface area contributed by atoms with E-state index in [1.807, 2.05) is 48.5 Å². The summed E-state index contributed by atoms with van der Waals surface area (Å²) in [6.07, 6.45) is 6.45. The van der Waals surface area contributed by atoms with Gasteiger partial charge in [0.15, 0.2) is 0 Å². The number of hydrogen-bond donors (Lipinski definition) is 1. The second-order valence-electron chi connectivity index (χ2n) is 10.0. The summed E-state index contributed by atoms with van der Waals surface area (Å²) in [7, 11) is 0. The van der Waals surface area contributed by atoms with Crippen molar-refractivity contribution in [1.29, 1.82) is 0 Å². The molecule has 1 N–H and O–H groups in total. The van der Waals surface area contributed by atoms with Crippen molar-refractivity contribution in [3.8, 4) is 5.69 Å². The van der Waals surface area contributed by atoms with E-state index in [-0.39, 0.29) is 42.1 Å². The van der Waals surface area contributed by atoms with Crippen molar-refractivity contribution in [2.45, 2.75) is 37.8 Å². The molecule has 2 amide bonds. The summed E-state index contributed by atoms with van der Waals surface area (Å²) in [5.41, 5.74) is 3.28. The number of nitrogens with zero attached hydrogens (tertiary/aromatic N) is 3. The first-order valence-corrected chi connectivity index (χ1v) is 13.1. The van der Waals surface area contributed by atoms with E-state index in [1.54, 1.807) is 27.9 Å². The minimum atomic E-state index is -0.351. The van der Waals surface area contributed by atoms with Crippen LogP contribution in [-0.2, 0) is 14.3 Å². The molecule has 3 aliphatic rings. The van der Waals surface area contributed by atoms with Crippen LogP contribution in [0.25, 0.3) is 16.6 Å². The third-order valence-electron chi connectivity index (χ3n) is 7.05. The lowest BCUT2D eigenvalue weighted by molar-refractivity contribution is -0.139. The average molecular weight is 513 g/mol. The molecule has 0 spiro atoms. The van der Waals surface area contributed by atoms with E-state index in [2.05, 4.69) is 10.4 Å². The Bertz CT molecular complexity index is 1440. The van der Waals surface area contributed by atoms with Gasteiger partial charge in [-0.1, -0.05) is 49.6 Å². The first-order valence-electron chi connectivity index (χ1n) is 13.1. The molecule has 2 atom stereocenters. The van der Waals surface area contributed by atoms with E-state index in [0.717, 1.165) is 27.8 Å². The van der Waals surface area contributed by atoms with Gasteiger partial charge in [-0.15, -0.1) is 0 Å². The highest BCUT2D eigenvalue weighted by molar-refractivity contribution is 6.00. The number of rotatable bonds is 5. The molecule has 3 fully saturated rings. The van der Waals surface area contributed by atoms with Crippen LogP contribution in [0.5, 0.6) is 0 Å². The third-order valence-corrected chi connectivity index (χ3v) is 7.05. The van der Waals surface area contributed by atoms with Crippen LogP contribution >= 0.6 is 0 Å². The monoisotopic (exact) mass is 512 g/mol. The van der Waals surface area contributed by atoms with Crippen molar-refractivity contribution in [3.05, 3.63) is 90.4 Å². The summed E-state index contributed by atoms with van der Waals surface area (Å²) in [4.78, 5) is 27.7. The van der Waals surface area contributed by atoms with Crippen LogP contribution in [-0.4, -0.2) is 40.9 Å². The molecule has 3 heterocycles. The smallest absolute Gasteiger partial charge is 0.229 e. The Balaban J connectivity index is 0.000000824. The molecule has 0 radical (unpaired) electrons. The molecule has 194 valence electrons. The van der Waals surface area contributed by atoms with Gasteiger partial charge in [0, 0.05) is 17.5 Å². The molecule has 8 heteroatoms. The number of anilines is 1. The number of aromatic nitrogens is 2. The Morgan fingerprint density at radius 3 is 2.32 bits per heavy atom. The molecule has 0 bridgehead atoms. The van der Waals surface area contributed by atoms with Crippen LogP contribution in [0.4, 0.5) is 10.1 Å². The predicted octanol–water partition coefficient (Wildman–Crippen LogP) is 4.94. The van der Waals surface area contributed by atoms with Crippen molar-refractivity contribution in [2.75, 3.05) is 18.1 Å². The Labute approximate surface area is 220 Å². The number of carbonyl (C=O) groups is 2. The van der Waals surface area contributed by atoms with Gasteiger partial charge in [0.2, 0.25) is 11.8 Å². The maximum atomic E-state index is 13.4. The zero-order valence-corrected chi connectivity index (χ0v) is 20.9. The normalized spacial score (nSPS) is 20.6. The van der Waals surface area contributed by atoms with E-state index >= 15 is 0 Å². The van der Waals surface area contributed by atoms with Gasteiger partial charge in [-0.05, 0) is 48.0 Å². The lowest BCUT2D eigenvalue weighted by Gasteiger charge is -2.31. The Hall–Kier alpha value is -4.04. The number of hydrogen-bond acceptors (Lipinski definition) is 4. The minimum Gasteiger partial charge on any atom is -0.380 e. The second kappa shape index (κ2) is 10.4. The van der Waals surface area contributed by atoms with Crippen LogP contribution < -0.4 is 10.2 Å². The lowest BCUT2D eigenvalue weighted by Crippen LogP contribution is -2.47. The molecule has 2 aliphatic heterocycles.